The maximum absolute atomic E-state index is 12.8. The number of aromatic nitrogens is 5. The fourth-order valence-electron chi connectivity index (χ4n) is 3.48. The van der Waals surface area contributed by atoms with Gasteiger partial charge in [0, 0.05) is 30.2 Å². The Kier molecular flexibility index (Phi) is 6.00. The van der Waals surface area contributed by atoms with Crippen molar-refractivity contribution in [2.24, 2.45) is 7.05 Å². The largest absolute Gasteiger partial charge is 0.383 e. The Morgan fingerprint density at radius 2 is 2.23 bits per heavy atom. The highest BCUT2D eigenvalue weighted by atomic mass is 127. The van der Waals surface area contributed by atoms with Crippen LogP contribution in [0, 0.1) is 0 Å². The average molecular weight is 518 g/mol. The third kappa shape index (κ3) is 3.79. The first-order valence-electron chi connectivity index (χ1n) is 9.71. The summed E-state index contributed by atoms with van der Waals surface area (Å²) < 4.78 is 7.96. The average Bonchev–Trinajstić information content (AvgIpc) is 3.33. The van der Waals surface area contributed by atoms with E-state index >= 15 is 0 Å². The Bertz CT molecular complexity index is 1220. The number of fused-ring (bicyclic) bond motifs is 2. The number of carbonyl (C=O) groups is 1. The van der Waals surface area contributed by atoms with Crippen LogP contribution < -0.4 is 5.32 Å². The highest BCUT2D eigenvalue weighted by Crippen LogP contribution is 2.28. The minimum atomic E-state index is -0.200. The number of nitrogens with zero attached hydrogens (tertiary/aromatic N) is 4. The van der Waals surface area contributed by atoms with Crippen molar-refractivity contribution in [2.45, 2.75) is 23.8 Å². The van der Waals surface area contributed by atoms with Crippen LogP contribution in [-0.2, 0) is 16.2 Å². The van der Waals surface area contributed by atoms with Crippen molar-refractivity contribution in [3.05, 3.63) is 41.7 Å². The second-order valence-electron chi connectivity index (χ2n) is 7.15. The van der Waals surface area contributed by atoms with E-state index in [1.807, 2.05) is 18.7 Å². The van der Waals surface area contributed by atoms with Gasteiger partial charge in [-0.3, -0.25) is 9.48 Å². The molecule has 0 bridgehead atoms. The number of ether oxygens (including phenoxy) is 1. The SMILES string of the molecule is CC[C@@H](COC)NC(=O)c1c[nH]c2ncc(-c3nn(C)c4cc(CI)ccc34)nc12. The Morgan fingerprint density at radius 3 is 2.97 bits per heavy atom. The third-order valence-corrected chi connectivity index (χ3v) is 6.01. The molecule has 1 aromatic carbocycles. The van der Waals surface area contributed by atoms with Gasteiger partial charge in [0.25, 0.3) is 5.91 Å². The van der Waals surface area contributed by atoms with Crippen molar-refractivity contribution >= 4 is 50.6 Å². The monoisotopic (exact) mass is 518 g/mol. The lowest BCUT2D eigenvalue weighted by Crippen LogP contribution is -2.37. The molecule has 4 rings (SSSR count). The second-order valence-corrected chi connectivity index (χ2v) is 7.91. The predicted molar refractivity (Wildman–Crippen MR) is 125 cm³/mol. The predicted octanol–water partition coefficient (Wildman–Crippen LogP) is 3.60. The zero-order chi connectivity index (χ0) is 21.3. The van der Waals surface area contributed by atoms with E-state index in [1.165, 1.54) is 5.56 Å². The summed E-state index contributed by atoms with van der Waals surface area (Å²) in [6.45, 7) is 2.47. The normalized spacial score (nSPS) is 12.5. The molecule has 0 aliphatic rings. The second kappa shape index (κ2) is 8.68. The molecule has 0 spiro atoms. The zero-order valence-corrected chi connectivity index (χ0v) is 19.2. The number of hydrogen-bond acceptors (Lipinski definition) is 5. The van der Waals surface area contributed by atoms with Crippen molar-refractivity contribution in [1.82, 2.24) is 30.0 Å². The van der Waals surface area contributed by atoms with E-state index in [-0.39, 0.29) is 11.9 Å². The van der Waals surface area contributed by atoms with Crippen LogP contribution >= 0.6 is 22.6 Å². The molecule has 3 heterocycles. The van der Waals surface area contributed by atoms with E-state index in [0.29, 0.717) is 29.0 Å². The molecule has 0 saturated heterocycles. The Balaban J connectivity index is 1.75. The van der Waals surface area contributed by atoms with E-state index in [0.717, 1.165) is 27.4 Å². The van der Waals surface area contributed by atoms with Crippen molar-refractivity contribution < 1.29 is 9.53 Å². The molecule has 3 aromatic heterocycles. The number of H-pyrrole nitrogens is 1. The van der Waals surface area contributed by atoms with Crippen LogP contribution in [0.3, 0.4) is 0 Å². The molecule has 0 fully saturated rings. The summed E-state index contributed by atoms with van der Waals surface area (Å²) in [4.78, 5) is 25.1. The number of alkyl halides is 1. The number of halogens is 1. The van der Waals surface area contributed by atoms with E-state index < -0.39 is 0 Å². The van der Waals surface area contributed by atoms with Gasteiger partial charge in [-0.25, -0.2) is 9.97 Å². The Hall–Kier alpha value is -2.53. The summed E-state index contributed by atoms with van der Waals surface area (Å²) in [6, 6.07) is 6.25. The van der Waals surface area contributed by atoms with Crippen LogP contribution in [0.15, 0.2) is 30.6 Å². The molecule has 0 aliphatic carbocycles. The molecule has 1 amide bonds. The first-order valence-corrected chi connectivity index (χ1v) is 11.2. The summed E-state index contributed by atoms with van der Waals surface area (Å²) in [7, 11) is 3.54. The van der Waals surface area contributed by atoms with Gasteiger partial charge in [-0.05, 0) is 18.1 Å². The number of aryl methyl sites for hydroxylation is 1. The molecular weight excluding hydrogens is 495 g/mol. The molecule has 8 nitrogen and oxygen atoms in total. The van der Waals surface area contributed by atoms with Gasteiger partial charge in [0.05, 0.1) is 29.9 Å². The van der Waals surface area contributed by atoms with E-state index in [9.17, 15) is 4.79 Å². The molecule has 0 saturated carbocycles. The van der Waals surface area contributed by atoms with Crippen LogP contribution in [-0.4, -0.2) is 50.4 Å². The molecular formula is C21H23IN6O2. The maximum Gasteiger partial charge on any atom is 0.255 e. The van der Waals surface area contributed by atoms with Crippen molar-refractivity contribution in [3.63, 3.8) is 0 Å². The van der Waals surface area contributed by atoms with Gasteiger partial charge in [0.1, 0.15) is 16.9 Å². The van der Waals surface area contributed by atoms with Gasteiger partial charge in [-0.2, -0.15) is 5.10 Å². The minimum absolute atomic E-state index is 0.0598. The molecule has 0 radical (unpaired) electrons. The number of methoxy groups -OCH3 is 1. The lowest BCUT2D eigenvalue weighted by atomic mass is 10.1. The van der Waals surface area contributed by atoms with Crippen molar-refractivity contribution in [3.8, 4) is 11.4 Å². The smallest absolute Gasteiger partial charge is 0.255 e. The maximum atomic E-state index is 12.8. The zero-order valence-electron chi connectivity index (χ0n) is 17.1. The van der Waals surface area contributed by atoms with Gasteiger partial charge in [0.2, 0.25) is 0 Å². The highest BCUT2D eigenvalue weighted by Gasteiger charge is 2.19. The summed E-state index contributed by atoms with van der Waals surface area (Å²) in [5, 5.41) is 8.67. The van der Waals surface area contributed by atoms with Crippen LogP contribution in [0.5, 0.6) is 0 Å². The van der Waals surface area contributed by atoms with Gasteiger partial charge < -0.3 is 15.0 Å². The van der Waals surface area contributed by atoms with E-state index in [2.05, 4.69) is 61.2 Å². The number of nitrogens with one attached hydrogen (secondary N) is 2. The molecule has 9 heteroatoms. The fourth-order valence-corrected chi connectivity index (χ4v) is 3.95. The van der Waals surface area contributed by atoms with Crippen LogP contribution in [0.2, 0.25) is 0 Å². The van der Waals surface area contributed by atoms with Gasteiger partial charge in [-0.15, -0.1) is 0 Å². The standard InChI is InChI=1S/C21H23IN6O2/c1-4-13(11-30-3)25-21(29)15-9-23-20-19(15)26-16(10-24-20)18-14-6-5-12(8-22)7-17(14)28(2)27-18/h5-7,9-10,13H,4,8,11H2,1-3H3,(H,23,24)(H,25,29)/t13-/m0/s1. The van der Waals surface area contributed by atoms with E-state index in [1.54, 1.807) is 19.5 Å². The lowest BCUT2D eigenvalue weighted by Gasteiger charge is -2.15. The summed E-state index contributed by atoms with van der Waals surface area (Å²) >= 11 is 2.35. The third-order valence-electron chi connectivity index (χ3n) is 5.13. The fraction of sp³-hybridized carbons (Fsp3) is 0.333. The molecule has 30 heavy (non-hydrogen) atoms. The van der Waals surface area contributed by atoms with Crippen molar-refractivity contribution in [2.75, 3.05) is 13.7 Å². The quantitative estimate of drug-likeness (QED) is 0.288. The number of hydrogen-bond donors (Lipinski definition) is 2. The lowest BCUT2D eigenvalue weighted by molar-refractivity contribution is 0.0896. The van der Waals surface area contributed by atoms with Crippen LogP contribution in [0.4, 0.5) is 0 Å². The highest BCUT2D eigenvalue weighted by molar-refractivity contribution is 14.1. The molecule has 2 N–H and O–H groups in total. The summed E-state index contributed by atoms with van der Waals surface area (Å²) in [5.41, 5.74) is 5.22. The summed E-state index contributed by atoms with van der Waals surface area (Å²) in [6.07, 6.45) is 4.11. The minimum Gasteiger partial charge on any atom is -0.383 e. The van der Waals surface area contributed by atoms with Crippen LogP contribution in [0.1, 0.15) is 29.3 Å². The van der Waals surface area contributed by atoms with Crippen molar-refractivity contribution in [1.29, 1.82) is 0 Å². The van der Waals surface area contributed by atoms with E-state index in [4.69, 9.17) is 9.72 Å². The first kappa shape index (κ1) is 20.7. The number of aromatic amines is 1. The van der Waals surface area contributed by atoms with Crippen LogP contribution in [0.25, 0.3) is 33.5 Å². The Morgan fingerprint density at radius 1 is 1.40 bits per heavy atom. The number of carbonyl (C=O) groups excluding carboxylic acids is 1. The topological polar surface area (TPSA) is 97.7 Å². The van der Waals surface area contributed by atoms with Gasteiger partial charge in [-0.1, -0.05) is 41.6 Å². The molecule has 156 valence electrons. The molecule has 4 aromatic rings. The first-order chi connectivity index (χ1) is 14.5. The molecule has 0 aliphatic heterocycles. The molecule has 1 atom stereocenters. The number of rotatable bonds is 7. The van der Waals surface area contributed by atoms with Gasteiger partial charge in [0.15, 0.2) is 5.65 Å². The van der Waals surface area contributed by atoms with Gasteiger partial charge >= 0.3 is 0 Å². The Labute approximate surface area is 187 Å². The number of amides is 1. The molecule has 0 unspecified atom stereocenters. The summed E-state index contributed by atoms with van der Waals surface area (Å²) in [5.74, 6) is -0.200. The number of benzene rings is 1.